The highest BCUT2D eigenvalue weighted by Crippen LogP contribution is 2.33. The van der Waals surface area contributed by atoms with Gasteiger partial charge in [-0.25, -0.2) is 0 Å². The summed E-state index contributed by atoms with van der Waals surface area (Å²) in [5, 5.41) is 4.34. The van der Waals surface area contributed by atoms with Crippen molar-refractivity contribution in [3.8, 4) is 5.75 Å². The van der Waals surface area contributed by atoms with Gasteiger partial charge in [-0.3, -0.25) is 0 Å². The lowest BCUT2D eigenvalue weighted by Crippen LogP contribution is -2.12. The molecule has 0 bridgehead atoms. The lowest BCUT2D eigenvalue weighted by atomic mass is 10.1. The second-order valence-electron chi connectivity index (χ2n) is 4.43. The zero-order chi connectivity index (χ0) is 12.8. The van der Waals surface area contributed by atoms with Crippen molar-refractivity contribution < 1.29 is 4.74 Å². The molecule has 1 aromatic rings. The number of likely N-dealkylation sites (N-methyl/N-ethyl adjacent to an activating group) is 1. The molecule has 17 heavy (non-hydrogen) atoms. The second kappa shape index (κ2) is 7.10. The number of nitrogens with one attached hydrogen (secondary N) is 1. The molecule has 0 aromatic heterocycles. The molecule has 0 saturated carbocycles. The quantitative estimate of drug-likeness (QED) is 0.853. The van der Waals surface area contributed by atoms with Gasteiger partial charge < -0.3 is 10.1 Å². The smallest absolute Gasteiger partial charge is 0.141 e. The fourth-order valence-corrected chi connectivity index (χ4v) is 2.06. The number of ether oxygens (including phenoxy) is 1. The molecule has 0 aliphatic rings. The van der Waals surface area contributed by atoms with Crippen LogP contribution in [0.4, 0.5) is 0 Å². The lowest BCUT2D eigenvalue weighted by Gasteiger charge is -2.15. The number of benzene rings is 1. The van der Waals surface area contributed by atoms with Gasteiger partial charge in [-0.15, -0.1) is 0 Å². The van der Waals surface area contributed by atoms with Gasteiger partial charge in [0.1, 0.15) is 5.75 Å². The van der Waals surface area contributed by atoms with E-state index in [-0.39, 0.29) is 0 Å². The van der Waals surface area contributed by atoms with E-state index in [1.54, 1.807) is 6.07 Å². The van der Waals surface area contributed by atoms with Crippen LogP contribution in [0.1, 0.15) is 19.4 Å². The molecule has 2 nitrogen and oxygen atoms in total. The van der Waals surface area contributed by atoms with E-state index in [2.05, 4.69) is 19.2 Å². The minimum Gasteiger partial charge on any atom is -0.491 e. The van der Waals surface area contributed by atoms with Crippen molar-refractivity contribution >= 4 is 23.2 Å². The van der Waals surface area contributed by atoms with Crippen molar-refractivity contribution in [3.63, 3.8) is 0 Å². The zero-order valence-corrected chi connectivity index (χ0v) is 12.0. The summed E-state index contributed by atoms with van der Waals surface area (Å²) in [5.41, 5.74) is 1.05. The van der Waals surface area contributed by atoms with E-state index in [1.165, 1.54) is 0 Å². The Morgan fingerprint density at radius 1 is 1.29 bits per heavy atom. The summed E-state index contributed by atoms with van der Waals surface area (Å²) in [4.78, 5) is 0. The van der Waals surface area contributed by atoms with Crippen molar-refractivity contribution in [2.45, 2.75) is 20.3 Å². The molecule has 1 rings (SSSR count). The molecule has 0 aliphatic heterocycles. The third kappa shape index (κ3) is 4.74. The maximum absolute atomic E-state index is 6.17. The van der Waals surface area contributed by atoms with E-state index < -0.39 is 0 Å². The lowest BCUT2D eigenvalue weighted by molar-refractivity contribution is 0.268. The molecule has 0 amide bonds. The van der Waals surface area contributed by atoms with Gasteiger partial charge in [0.2, 0.25) is 0 Å². The normalized spacial score (nSPS) is 10.9. The van der Waals surface area contributed by atoms with Crippen LogP contribution in [0.25, 0.3) is 0 Å². The molecular formula is C13H19Cl2NO. The average molecular weight is 276 g/mol. The van der Waals surface area contributed by atoms with Crippen LogP contribution in [-0.2, 0) is 6.42 Å². The summed E-state index contributed by atoms with van der Waals surface area (Å²) in [6.07, 6.45) is 0.851. The van der Waals surface area contributed by atoms with Crippen LogP contribution < -0.4 is 10.1 Å². The first-order chi connectivity index (χ1) is 8.04. The minimum atomic E-state index is 0.471. The van der Waals surface area contributed by atoms with E-state index >= 15 is 0 Å². The third-order valence-corrected chi connectivity index (χ3v) is 2.79. The van der Waals surface area contributed by atoms with Crippen LogP contribution in [0.2, 0.25) is 10.0 Å². The Balaban J connectivity index is 2.90. The van der Waals surface area contributed by atoms with Gasteiger partial charge in [-0.1, -0.05) is 37.0 Å². The molecule has 0 fully saturated rings. The van der Waals surface area contributed by atoms with E-state index in [0.717, 1.165) is 24.3 Å². The van der Waals surface area contributed by atoms with Gasteiger partial charge in [0.05, 0.1) is 11.6 Å². The Labute approximate surface area is 113 Å². The number of hydrogen-bond acceptors (Lipinski definition) is 2. The first-order valence-electron chi connectivity index (χ1n) is 5.80. The van der Waals surface area contributed by atoms with Gasteiger partial charge in [-0.05, 0) is 43.6 Å². The predicted octanol–water partition coefficient (Wildman–Crippen LogP) is 3.79. The van der Waals surface area contributed by atoms with Crippen LogP contribution in [0, 0.1) is 5.92 Å². The highest BCUT2D eigenvalue weighted by Gasteiger charge is 2.11. The molecule has 0 heterocycles. The van der Waals surface area contributed by atoms with E-state index in [4.69, 9.17) is 27.9 Å². The Morgan fingerprint density at radius 2 is 2.00 bits per heavy atom. The summed E-state index contributed by atoms with van der Waals surface area (Å²) >= 11 is 12.2. The van der Waals surface area contributed by atoms with E-state index in [1.807, 2.05) is 13.1 Å². The number of rotatable bonds is 6. The maximum atomic E-state index is 6.17. The Kier molecular flexibility index (Phi) is 6.10. The maximum Gasteiger partial charge on any atom is 0.141 e. The molecule has 0 radical (unpaired) electrons. The fourth-order valence-electron chi connectivity index (χ4n) is 1.47. The standard InChI is InChI=1S/C13H19Cl2NO/c1-9(2)8-17-13-10(4-5-16-3)6-11(14)7-12(13)15/h6-7,9,16H,4-5,8H2,1-3H3. The van der Waals surface area contributed by atoms with Gasteiger partial charge >= 0.3 is 0 Å². The number of hydrogen-bond donors (Lipinski definition) is 1. The topological polar surface area (TPSA) is 21.3 Å². The Bertz CT molecular complexity index is 367. The largest absolute Gasteiger partial charge is 0.491 e. The SMILES string of the molecule is CNCCc1cc(Cl)cc(Cl)c1OCC(C)C. The number of halogens is 2. The molecule has 0 aliphatic carbocycles. The molecular weight excluding hydrogens is 257 g/mol. The van der Waals surface area contributed by atoms with Crippen molar-refractivity contribution in [1.82, 2.24) is 5.32 Å². The molecule has 0 unspecified atom stereocenters. The molecule has 1 N–H and O–H groups in total. The third-order valence-electron chi connectivity index (χ3n) is 2.29. The summed E-state index contributed by atoms with van der Waals surface area (Å²) in [7, 11) is 1.92. The van der Waals surface area contributed by atoms with Crippen LogP contribution in [0.15, 0.2) is 12.1 Å². The highest BCUT2D eigenvalue weighted by atomic mass is 35.5. The van der Waals surface area contributed by atoms with Crippen molar-refractivity contribution in [1.29, 1.82) is 0 Å². The summed E-state index contributed by atoms with van der Waals surface area (Å²) in [6.45, 7) is 5.75. The molecule has 0 saturated heterocycles. The molecule has 0 atom stereocenters. The summed E-state index contributed by atoms with van der Waals surface area (Å²) < 4.78 is 5.76. The molecule has 1 aromatic carbocycles. The van der Waals surface area contributed by atoms with E-state index in [0.29, 0.717) is 22.6 Å². The van der Waals surface area contributed by atoms with Crippen molar-refractivity contribution in [3.05, 3.63) is 27.7 Å². The fraction of sp³-hybridized carbons (Fsp3) is 0.538. The summed E-state index contributed by atoms with van der Waals surface area (Å²) in [5.74, 6) is 1.24. The monoisotopic (exact) mass is 275 g/mol. The van der Waals surface area contributed by atoms with Crippen LogP contribution in [0.5, 0.6) is 5.75 Å². The van der Waals surface area contributed by atoms with Gasteiger partial charge in [0.15, 0.2) is 0 Å². The Hall–Kier alpha value is -0.440. The van der Waals surface area contributed by atoms with Gasteiger partial charge in [0, 0.05) is 5.02 Å². The molecule has 96 valence electrons. The second-order valence-corrected chi connectivity index (χ2v) is 5.28. The molecule has 4 heteroatoms. The van der Waals surface area contributed by atoms with Gasteiger partial charge in [0.25, 0.3) is 0 Å². The highest BCUT2D eigenvalue weighted by molar-refractivity contribution is 6.35. The zero-order valence-electron chi connectivity index (χ0n) is 10.5. The van der Waals surface area contributed by atoms with Crippen molar-refractivity contribution in [2.24, 2.45) is 5.92 Å². The first-order valence-corrected chi connectivity index (χ1v) is 6.55. The van der Waals surface area contributed by atoms with Gasteiger partial charge in [-0.2, -0.15) is 0 Å². The molecule has 0 spiro atoms. The van der Waals surface area contributed by atoms with Crippen LogP contribution in [0.3, 0.4) is 0 Å². The van der Waals surface area contributed by atoms with Crippen LogP contribution >= 0.6 is 23.2 Å². The van der Waals surface area contributed by atoms with Crippen LogP contribution in [-0.4, -0.2) is 20.2 Å². The first kappa shape index (κ1) is 14.6. The van der Waals surface area contributed by atoms with E-state index in [9.17, 15) is 0 Å². The van der Waals surface area contributed by atoms with Crippen molar-refractivity contribution in [2.75, 3.05) is 20.2 Å². The predicted molar refractivity (Wildman–Crippen MR) is 74.4 cm³/mol. The summed E-state index contributed by atoms with van der Waals surface area (Å²) in [6, 6.07) is 3.64. The minimum absolute atomic E-state index is 0.471. The Morgan fingerprint density at radius 3 is 2.59 bits per heavy atom. The average Bonchev–Trinajstić information content (AvgIpc) is 2.24.